The molecule has 15 heavy (non-hydrogen) atoms. The quantitative estimate of drug-likeness (QED) is 0.848. The van der Waals surface area contributed by atoms with Gasteiger partial charge >= 0.3 is 6.36 Å². The lowest BCUT2D eigenvalue weighted by Crippen LogP contribution is -2.17. The second-order valence-corrected chi connectivity index (χ2v) is 3.13. The number of ether oxygens (including phenoxy) is 1. The van der Waals surface area contributed by atoms with E-state index in [9.17, 15) is 13.2 Å². The lowest BCUT2D eigenvalue weighted by Gasteiger charge is -2.11. The van der Waals surface area contributed by atoms with Crippen molar-refractivity contribution < 1.29 is 17.9 Å². The second kappa shape index (κ2) is 4.53. The van der Waals surface area contributed by atoms with Gasteiger partial charge in [-0.3, -0.25) is 0 Å². The maximum absolute atomic E-state index is 11.8. The molecule has 1 aromatic carbocycles. The number of alkyl halides is 3. The van der Waals surface area contributed by atoms with Crippen molar-refractivity contribution in [2.75, 3.05) is 0 Å². The summed E-state index contributed by atoms with van der Waals surface area (Å²) < 4.78 is 39.2. The third kappa shape index (κ3) is 3.79. The van der Waals surface area contributed by atoms with E-state index in [0.29, 0.717) is 0 Å². The van der Waals surface area contributed by atoms with Crippen LogP contribution in [0.25, 0.3) is 0 Å². The number of nitrogens with two attached hydrogens (primary N) is 1. The maximum atomic E-state index is 11.8. The largest absolute Gasteiger partial charge is 0.573 e. The highest BCUT2D eigenvalue weighted by atomic mass is 19.4. The Balaban J connectivity index is 2.72. The number of hydrogen-bond donors (Lipinski definition) is 1. The van der Waals surface area contributed by atoms with Crippen molar-refractivity contribution in [3.63, 3.8) is 0 Å². The van der Waals surface area contributed by atoms with Gasteiger partial charge in [0.25, 0.3) is 0 Å². The second-order valence-electron chi connectivity index (χ2n) is 3.13. The summed E-state index contributed by atoms with van der Waals surface area (Å²) in [6.45, 7) is 1.91. The summed E-state index contributed by atoms with van der Waals surface area (Å²) in [4.78, 5) is 0. The fourth-order valence-corrected chi connectivity index (χ4v) is 1.15. The number of halogens is 3. The number of rotatable bonds is 3. The lowest BCUT2D eigenvalue weighted by molar-refractivity contribution is -0.274. The summed E-state index contributed by atoms with van der Waals surface area (Å²) in [5, 5.41) is 0. The van der Waals surface area contributed by atoms with E-state index in [2.05, 4.69) is 4.74 Å². The van der Waals surface area contributed by atoms with Gasteiger partial charge < -0.3 is 10.5 Å². The molecule has 0 bridgehead atoms. The molecule has 0 aliphatic rings. The molecule has 0 heterocycles. The van der Waals surface area contributed by atoms with Crippen LogP contribution in [0.2, 0.25) is 0 Å². The third-order valence-electron chi connectivity index (χ3n) is 1.98. The molecule has 0 aliphatic heterocycles. The molecule has 0 spiro atoms. The standard InChI is InChI=1S/C10H12F3NO/c1-2-9(14)7-3-5-8(6-4-7)15-10(11,12)13/h3-6,9H,2,14H2,1H3/t9-/m0/s1. The van der Waals surface area contributed by atoms with Crippen LogP contribution in [0.5, 0.6) is 5.75 Å². The average Bonchev–Trinajstić information content (AvgIpc) is 2.15. The van der Waals surface area contributed by atoms with Crippen molar-refractivity contribution in [1.82, 2.24) is 0 Å². The summed E-state index contributed by atoms with van der Waals surface area (Å²) >= 11 is 0. The van der Waals surface area contributed by atoms with Crippen molar-refractivity contribution in [3.8, 4) is 5.75 Å². The van der Waals surface area contributed by atoms with Crippen molar-refractivity contribution in [2.24, 2.45) is 5.73 Å². The zero-order chi connectivity index (χ0) is 11.5. The molecule has 0 fully saturated rings. The van der Waals surface area contributed by atoms with E-state index in [4.69, 9.17) is 5.73 Å². The minimum Gasteiger partial charge on any atom is -0.406 e. The molecule has 0 saturated heterocycles. The minimum absolute atomic E-state index is 0.148. The molecule has 5 heteroatoms. The monoisotopic (exact) mass is 219 g/mol. The summed E-state index contributed by atoms with van der Waals surface area (Å²) in [6.07, 6.45) is -3.91. The van der Waals surface area contributed by atoms with Crippen molar-refractivity contribution in [3.05, 3.63) is 29.8 Å². The van der Waals surface area contributed by atoms with Crippen molar-refractivity contribution >= 4 is 0 Å². The lowest BCUT2D eigenvalue weighted by atomic mass is 10.1. The van der Waals surface area contributed by atoms with E-state index in [1.54, 1.807) is 0 Å². The van der Waals surface area contributed by atoms with Gasteiger partial charge in [0.2, 0.25) is 0 Å². The Hall–Kier alpha value is -1.23. The molecule has 1 rings (SSSR count). The first-order chi connectivity index (χ1) is 6.92. The van der Waals surface area contributed by atoms with Gasteiger partial charge in [-0.05, 0) is 24.1 Å². The van der Waals surface area contributed by atoms with Crippen LogP contribution in [-0.4, -0.2) is 6.36 Å². The predicted molar refractivity (Wildman–Crippen MR) is 50.3 cm³/mol. The van der Waals surface area contributed by atoms with Crippen LogP contribution < -0.4 is 10.5 Å². The molecule has 1 aromatic rings. The van der Waals surface area contributed by atoms with E-state index in [1.165, 1.54) is 24.3 Å². The summed E-state index contributed by atoms with van der Waals surface area (Å²) in [5.41, 5.74) is 6.51. The normalized spacial score (nSPS) is 13.7. The van der Waals surface area contributed by atoms with Gasteiger partial charge in [-0.25, -0.2) is 0 Å². The molecule has 0 aromatic heterocycles. The van der Waals surface area contributed by atoms with E-state index < -0.39 is 6.36 Å². The molecule has 2 N–H and O–H groups in total. The fourth-order valence-electron chi connectivity index (χ4n) is 1.15. The van der Waals surface area contributed by atoms with Crippen LogP contribution in [-0.2, 0) is 0 Å². The topological polar surface area (TPSA) is 35.2 Å². The first-order valence-electron chi connectivity index (χ1n) is 4.53. The van der Waals surface area contributed by atoms with Crippen LogP contribution >= 0.6 is 0 Å². The maximum Gasteiger partial charge on any atom is 0.573 e. The van der Waals surface area contributed by atoms with Gasteiger partial charge in [0.1, 0.15) is 5.75 Å². The first kappa shape index (κ1) is 11.8. The molecule has 84 valence electrons. The van der Waals surface area contributed by atoms with Gasteiger partial charge in [0, 0.05) is 6.04 Å². The van der Waals surface area contributed by atoms with Crippen LogP contribution in [0.15, 0.2) is 24.3 Å². The van der Waals surface area contributed by atoms with Crippen LogP contribution in [0, 0.1) is 0 Å². The molecule has 2 nitrogen and oxygen atoms in total. The average molecular weight is 219 g/mol. The predicted octanol–water partition coefficient (Wildman–Crippen LogP) is 3.00. The van der Waals surface area contributed by atoms with E-state index in [1.807, 2.05) is 6.92 Å². The third-order valence-corrected chi connectivity index (χ3v) is 1.98. The fraction of sp³-hybridized carbons (Fsp3) is 0.400. The Morgan fingerprint density at radius 3 is 2.20 bits per heavy atom. The Kier molecular flexibility index (Phi) is 3.57. The highest BCUT2D eigenvalue weighted by molar-refractivity contribution is 5.29. The molecule has 0 aliphatic carbocycles. The number of benzene rings is 1. The van der Waals surface area contributed by atoms with Crippen LogP contribution in [0.3, 0.4) is 0 Å². The Morgan fingerprint density at radius 1 is 1.27 bits per heavy atom. The Labute approximate surface area is 85.8 Å². The van der Waals surface area contributed by atoms with Crippen LogP contribution in [0.4, 0.5) is 13.2 Å². The molecular weight excluding hydrogens is 207 g/mol. The first-order valence-corrected chi connectivity index (χ1v) is 4.53. The highest BCUT2D eigenvalue weighted by Gasteiger charge is 2.30. The van der Waals surface area contributed by atoms with Crippen molar-refractivity contribution in [1.29, 1.82) is 0 Å². The molecule has 1 atom stereocenters. The molecule has 0 unspecified atom stereocenters. The van der Waals surface area contributed by atoms with Crippen LogP contribution in [0.1, 0.15) is 24.9 Å². The van der Waals surface area contributed by atoms with Gasteiger partial charge in [0.05, 0.1) is 0 Å². The zero-order valence-corrected chi connectivity index (χ0v) is 8.21. The minimum atomic E-state index is -4.64. The van der Waals surface area contributed by atoms with Gasteiger partial charge in [-0.15, -0.1) is 13.2 Å². The Morgan fingerprint density at radius 2 is 1.80 bits per heavy atom. The number of hydrogen-bond acceptors (Lipinski definition) is 2. The van der Waals surface area contributed by atoms with E-state index >= 15 is 0 Å². The summed E-state index contributed by atoms with van der Waals surface area (Å²) in [6, 6.07) is 5.45. The van der Waals surface area contributed by atoms with Gasteiger partial charge in [0.15, 0.2) is 0 Å². The smallest absolute Gasteiger partial charge is 0.406 e. The van der Waals surface area contributed by atoms with Gasteiger partial charge in [-0.2, -0.15) is 0 Å². The summed E-state index contributed by atoms with van der Waals surface area (Å²) in [5.74, 6) is -0.227. The molecule has 0 amide bonds. The highest BCUT2D eigenvalue weighted by Crippen LogP contribution is 2.24. The van der Waals surface area contributed by atoms with Crippen molar-refractivity contribution in [2.45, 2.75) is 25.7 Å². The molecule has 0 radical (unpaired) electrons. The van der Waals surface area contributed by atoms with E-state index in [0.717, 1.165) is 12.0 Å². The Bertz CT molecular complexity index is 307. The molecule has 0 saturated carbocycles. The summed E-state index contributed by atoms with van der Waals surface area (Å²) in [7, 11) is 0. The van der Waals surface area contributed by atoms with Gasteiger partial charge in [-0.1, -0.05) is 19.1 Å². The zero-order valence-electron chi connectivity index (χ0n) is 8.21. The van der Waals surface area contributed by atoms with E-state index in [-0.39, 0.29) is 11.8 Å². The SMILES string of the molecule is CC[C@H](N)c1ccc(OC(F)(F)F)cc1. The molecular formula is C10H12F3NO.